The van der Waals surface area contributed by atoms with Crippen LogP contribution in [0.2, 0.25) is 0 Å². The van der Waals surface area contributed by atoms with Crippen molar-refractivity contribution >= 4 is 33.9 Å². The van der Waals surface area contributed by atoms with E-state index in [0.29, 0.717) is 17.4 Å². The van der Waals surface area contributed by atoms with E-state index in [9.17, 15) is 9.59 Å². The lowest BCUT2D eigenvalue weighted by Gasteiger charge is -2.15. The Kier molecular flexibility index (Phi) is 2.84. The fraction of sp³-hybridized carbons (Fsp3) is 0.0588. The molecule has 0 unspecified atom stereocenters. The molecule has 6 heteroatoms. The molecule has 2 aromatic carbocycles. The molecule has 0 fully saturated rings. The lowest BCUT2D eigenvalue weighted by molar-refractivity contribution is -0.206. The Balaban J connectivity index is 1.69. The Hall–Kier alpha value is -3.28. The number of hydrogen-bond donors (Lipinski definition) is 1. The summed E-state index contributed by atoms with van der Waals surface area (Å²) in [6.45, 7) is 0. The van der Waals surface area contributed by atoms with Gasteiger partial charge in [-0.2, -0.15) is 0 Å². The van der Waals surface area contributed by atoms with E-state index in [2.05, 4.69) is 11.0 Å². The predicted molar refractivity (Wildman–Crippen MR) is 80.0 cm³/mol. The van der Waals surface area contributed by atoms with E-state index >= 15 is 0 Å². The molecule has 0 aliphatic heterocycles. The van der Waals surface area contributed by atoms with Crippen LogP contribution in [-0.2, 0) is 20.9 Å². The normalized spacial score (nSPS) is 12.5. The van der Waals surface area contributed by atoms with Crippen molar-refractivity contribution in [2.75, 3.05) is 0 Å². The monoisotopic (exact) mass is 310 g/mol. The molecular weight excluding hydrogens is 300 g/mol. The third-order valence-corrected chi connectivity index (χ3v) is 3.67. The highest BCUT2D eigenvalue weighted by Gasteiger charge is 2.22. The molecule has 0 spiro atoms. The summed E-state index contributed by atoms with van der Waals surface area (Å²) in [5.74, 6) is -1.81. The maximum atomic E-state index is 11.4. The molecule has 0 amide bonds. The van der Waals surface area contributed by atoms with Gasteiger partial charge in [0.1, 0.15) is 11.2 Å². The molecule has 6 nitrogen and oxygen atoms in total. The molecule has 114 valence electrons. The zero-order chi connectivity index (χ0) is 16.0. The fourth-order valence-electron chi connectivity index (χ4n) is 2.71. The van der Waals surface area contributed by atoms with Gasteiger partial charge in [0.2, 0.25) is 0 Å². The predicted octanol–water partition coefficient (Wildman–Crippen LogP) is 2.97. The van der Waals surface area contributed by atoms with Crippen LogP contribution < -0.4 is 4.89 Å². The number of carboxylic acid groups (broad SMARTS) is 1. The van der Waals surface area contributed by atoms with Gasteiger partial charge in [0.15, 0.2) is 5.75 Å². The molecule has 0 saturated heterocycles. The quantitative estimate of drug-likeness (QED) is 0.354. The second-order valence-corrected chi connectivity index (χ2v) is 5.19. The zero-order valence-electron chi connectivity index (χ0n) is 11.7. The van der Waals surface area contributed by atoms with E-state index in [1.54, 1.807) is 12.1 Å². The highest BCUT2D eigenvalue weighted by atomic mass is 17.2. The summed E-state index contributed by atoms with van der Waals surface area (Å²) in [5.41, 5.74) is 3.78. The first kappa shape index (κ1) is 13.4. The van der Waals surface area contributed by atoms with Gasteiger partial charge in [-0.1, -0.05) is 12.1 Å². The van der Waals surface area contributed by atoms with Crippen LogP contribution in [-0.4, -0.2) is 17.0 Å². The zero-order valence-corrected chi connectivity index (χ0v) is 11.7. The molecule has 0 atom stereocenters. The molecule has 2 aliphatic carbocycles. The molecule has 2 bridgehead atoms. The van der Waals surface area contributed by atoms with Gasteiger partial charge >= 0.3 is 11.9 Å². The van der Waals surface area contributed by atoms with E-state index in [1.807, 2.05) is 12.1 Å². The summed E-state index contributed by atoms with van der Waals surface area (Å²) in [4.78, 5) is 31.5. The lowest BCUT2D eigenvalue weighted by Crippen LogP contribution is -2.06. The number of rotatable bonds is 4. The summed E-state index contributed by atoms with van der Waals surface area (Å²) in [6, 6.07) is 9.25. The molecule has 5 rings (SSSR count). The van der Waals surface area contributed by atoms with Crippen LogP contribution in [0.1, 0.15) is 11.1 Å². The Bertz CT molecular complexity index is 995. The van der Waals surface area contributed by atoms with Crippen molar-refractivity contribution < 1.29 is 28.9 Å². The van der Waals surface area contributed by atoms with Crippen LogP contribution in [0.15, 0.2) is 46.9 Å². The molecule has 23 heavy (non-hydrogen) atoms. The SMILES string of the molecule is O=C(O)C=CC(=O)OOc1cccc2oc3cc4cc(c3c12)C4. The number of carbonyl (C=O) groups is 2. The first-order chi connectivity index (χ1) is 11.1. The van der Waals surface area contributed by atoms with Crippen LogP contribution in [0.3, 0.4) is 0 Å². The average Bonchev–Trinajstić information content (AvgIpc) is 2.89. The van der Waals surface area contributed by atoms with Crippen molar-refractivity contribution in [1.82, 2.24) is 0 Å². The van der Waals surface area contributed by atoms with Crippen LogP contribution in [0.4, 0.5) is 0 Å². The van der Waals surface area contributed by atoms with Gasteiger partial charge in [0.25, 0.3) is 0 Å². The standard InChI is InChI=1S/C17H10O6/c18-14(19)4-5-15(20)23-22-12-3-1-2-11-17(12)16-10-6-9(7-10)8-13(16)21-11/h1-6,8H,7H2,(H,18,19). The maximum Gasteiger partial charge on any atom is 0.379 e. The topological polar surface area (TPSA) is 86.0 Å². The third kappa shape index (κ3) is 2.20. The largest absolute Gasteiger partial charge is 0.478 e. The van der Waals surface area contributed by atoms with Crippen molar-refractivity contribution in [2.24, 2.45) is 0 Å². The minimum atomic E-state index is -1.24. The Morgan fingerprint density at radius 1 is 1.13 bits per heavy atom. The molecular formula is C17H10O6. The van der Waals surface area contributed by atoms with E-state index in [4.69, 9.17) is 14.4 Å². The molecule has 2 aliphatic rings. The fourth-order valence-corrected chi connectivity index (χ4v) is 2.71. The molecule has 0 radical (unpaired) electrons. The van der Waals surface area contributed by atoms with Gasteiger partial charge in [-0.3, -0.25) is 4.89 Å². The summed E-state index contributed by atoms with van der Waals surface area (Å²) in [7, 11) is 0. The highest BCUT2D eigenvalue weighted by Crippen LogP contribution is 2.42. The first-order valence-corrected chi connectivity index (χ1v) is 6.88. The van der Waals surface area contributed by atoms with Gasteiger partial charge < -0.3 is 9.52 Å². The lowest BCUT2D eigenvalue weighted by atomic mass is 9.89. The van der Waals surface area contributed by atoms with Crippen LogP contribution in [0, 0.1) is 0 Å². The second kappa shape index (κ2) is 4.88. The number of carboxylic acids is 1. The molecule has 3 aromatic rings. The van der Waals surface area contributed by atoms with Crippen molar-refractivity contribution in [3.63, 3.8) is 0 Å². The van der Waals surface area contributed by atoms with E-state index in [-0.39, 0.29) is 0 Å². The molecule has 0 saturated carbocycles. The molecule has 1 aromatic heterocycles. The smallest absolute Gasteiger partial charge is 0.379 e. The number of furan rings is 1. The molecule has 1 heterocycles. The van der Waals surface area contributed by atoms with Crippen LogP contribution in [0.5, 0.6) is 5.75 Å². The molecule has 1 N–H and O–H groups in total. The number of fused-ring (bicyclic) bond motifs is 1. The Morgan fingerprint density at radius 3 is 2.74 bits per heavy atom. The second-order valence-electron chi connectivity index (χ2n) is 5.19. The van der Waals surface area contributed by atoms with Crippen LogP contribution in [0.25, 0.3) is 21.9 Å². The van der Waals surface area contributed by atoms with Crippen molar-refractivity contribution in [3.8, 4) is 5.75 Å². The number of aliphatic carboxylic acids is 1. The minimum absolute atomic E-state index is 0.342. The van der Waals surface area contributed by atoms with E-state index < -0.39 is 11.9 Å². The van der Waals surface area contributed by atoms with Crippen molar-refractivity contribution in [1.29, 1.82) is 0 Å². The van der Waals surface area contributed by atoms with E-state index in [0.717, 1.165) is 34.4 Å². The van der Waals surface area contributed by atoms with Gasteiger partial charge in [-0.25, -0.2) is 14.5 Å². The Morgan fingerprint density at radius 2 is 1.96 bits per heavy atom. The summed E-state index contributed by atoms with van der Waals surface area (Å²) in [5, 5.41) is 10.1. The van der Waals surface area contributed by atoms with Crippen LogP contribution >= 0.6 is 0 Å². The summed E-state index contributed by atoms with van der Waals surface area (Å²) < 4.78 is 5.79. The summed E-state index contributed by atoms with van der Waals surface area (Å²) >= 11 is 0. The highest BCUT2D eigenvalue weighted by molar-refractivity contribution is 6.11. The van der Waals surface area contributed by atoms with Gasteiger partial charge in [0.05, 0.1) is 5.39 Å². The first-order valence-electron chi connectivity index (χ1n) is 6.88. The van der Waals surface area contributed by atoms with Gasteiger partial charge in [-0.05, 0) is 35.7 Å². The van der Waals surface area contributed by atoms with Crippen molar-refractivity contribution in [2.45, 2.75) is 6.42 Å². The average molecular weight is 310 g/mol. The minimum Gasteiger partial charge on any atom is -0.478 e. The van der Waals surface area contributed by atoms with E-state index in [1.165, 1.54) is 5.56 Å². The van der Waals surface area contributed by atoms with Crippen molar-refractivity contribution in [3.05, 3.63) is 53.6 Å². The Labute approximate surface area is 129 Å². The number of hydrogen-bond acceptors (Lipinski definition) is 5. The van der Waals surface area contributed by atoms with Gasteiger partial charge in [0, 0.05) is 17.5 Å². The number of benzene rings is 2. The van der Waals surface area contributed by atoms with Gasteiger partial charge in [-0.15, -0.1) is 0 Å². The summed E-state index contributed by atoms with van der Waals surface area (Å²) in [6.07, 6.45) is 2.34. The maximum absolute atomic E-state index is 11.4. The third-order valence-electron chi connectivity index (χ3n) is 3.67. The number of carbonyl (C=O) groups excluding carboxylic acids is 1.